The molecule has 0 aliphatic carbocycles. The van der Waals surface area contributed by atoms with Crippen molar-refractivity contribution in [3.05, 3.63) is 63.3 Å². The van der Waals surface area contributed by atoms with Crippen LogP contribution < -0.4 is 10.9 Å². The molecule has 0 saturated carbocycles. The van der Waals surface area contributed by atoms with Crippen molar-refractivity contribution in [1.82, 2.24) is 19.9 Å². The molecule has 7 nitrogen and oxygen atoms in total. The SMILES string of the molecule is Cc1[nH]c(=O)c(C#N)c(C)c1CCC(=O)NCCCn1cnc2ccccc21. The fourth-order valence-corrected chi connectivity index (χ4v) is 3.41. The molecule has 0 unspecified atom stereocenters. The molecule has 28 heavy (non-hydrogen) atoms. The topological polar surface area (TPSA) is 104 Å². The lowest BCUT2D eigenvalue weighted by Crippen LogP contribution is -2.26. The fraction of sp³-hybridized carbons (Fsp3) is 0.333. The highest BCUT2D eigenvalue weighted by molar-refractivity contribution is 5.76. The average molecular weight is 377 g/mol. The zero-order chi connectivity index (χ0) is 20.1. The Kier molecular flexibility index (Phi) is 5.90. The van der Waals surface area contributed by atoms with Crippen molar-refractivity contribution in [2.75, 3.05) is 6.54 Å². The van der Waals surface area contributed by atoms with E-state index in [0.717, 1.165) is 29.6 Å². The highest BCUT2D eigenvalue weighted by atomic mass is 16.1. The molecule has 0 fully saturated rings. The van der Waals surface area contributed by atoms with E-state index < -0.39 is 0 Å². The molecule has 2 aromatic heterocycles. The number of hydrogen-bond donors (Lipinski definition) is 2. The second kappa shape index (κ2) is 8.53. The number of fused-ring (bicyclic) bond motifs is 1. The van der Waals surface area contributed by atoms with Gasteiger partial charge in [-0.3, -0.25) is 9.59 Å². The number of rotatable bonds is 7. The third-order valence-corrected chi connectivity index (χ3v) is 4.95. The molecular weight excluding hydrogens is 354 g/mol. The predicted octanol–water partition coefficient (Wildman–Crippen LogP) is 2.35. The van der Waals surface area contributed by atoms with Crippen LogP contribution in [0.3, 0.4) is 0 Å². The lowest BCUT2D eigenvalue weighted by Gasteiger charge is -2.11. The first-order chi connectivity index (χ1) is 13.5. The van der Waals surface area contributed by atoms with Crippen molar-refractivity contribution in [1.29, 1.82) is 5.26 Å². The maximum atomic E-state index is 12.2. The molecule has 144 valence electrons. The molecule has 0 radical (unpaired) electrons. The lowest BCUT2D eigenvalue weighted by molar-refractivity contribution is -0.121. The Balaban J connectivity index is 1.49. The summed E-state index contributed by atoms with van der Waals surface area (Å²) in [7, 11) is 0. The summed E-state index contributed by atoms with van der Waals surface area (Å²) in [6.45, 7) is 4.91. The summed E-state index contributed by atoms with van der Waals surface area (Å²) in [6, 6.07) is 9.90. The summed E-state index contributed by atoms with van der Waals surface area (Å²) >= 11 is 0. The van der Waals surface area contributed by atoms with Gasteiger partial charge in [0.1, 0.15) is 11.6 Å². The molecule has 0 aliphatic heterocycles. The molecule has 1 amide bonds. The lowest BCUT2D eigenvalue weighted by atomic mass is 9.99. The third-order valence-electron chi connectivity index (χ3n) is 4.95. The monoisotopic (exact) mass is 377 g/mol. The maximum Gasteiger partial charge on any atom is 0.266 e. The number of imidazole rings is 1. The van der Waals surface area contributed by atoms with Crippen LogP contribution in [0.2, 0.25) is 0 Å². The number of nitrogens with one attached hydrogen (secondary N) is 2. The number of amides is 1. The van der Waals surface area contributed by atoms with Crippen LogP contribution in [0.1, 0.15) is 35.2 Å². The van der Waals surface area contributed by atoms with E-state index in [1.165, 1.54) is 0 Å². The van der Waals surface area contributed by atoms with Crippen LogP contribution in [-0.2, 0) is 17.8 Å². The molecule has 1 aromatic carbocycles. The second-order valence-electron chi connectivity index (χ2n) is 6.80. The number of aromatic amines is 1. The Hall–Kier alpha value is -3.40. The maximum absolute atomic E-state index is 12.2. The van der Waals surface area contributed by atoms with E-state index in [4.69, 9.17) is 5.26 Å². The Morgan fingerprint density at radius 3 is 2.89 bits per heavy atom. The van der Waals surface area contributed by atoms with Gasteiger partial charge in [-0.25, -0.2) is 4.98 Å². The minimum absolute atomic E-state index is 0.0426. The van der Waals surface area contributed by atoms with Gasteiger partial charge in [0.2, 0.25) is 5.91 Å². The standard InChI is InChI=1S/C21H23N5O2/c1-14-16(15(2)25-21(28)17(14)12-22)8-9-20(27)23-10-5-11-26-13-24-18-6-3-4-7-19(18)26/h3-4,6-7,13H,5,8-11H2,1-2H3,(H,23,27)(H,25,28). The van der Waals surface area contributed by atoms with Crippen LogP contribution in [-0.4, -0.2) is 27.0 Å². The minimum Gasteiger partial charge on any atom is -0.356 e. The van der Waals surface area contributed by atoms with E-state index in [9.17, 15) is 9.59 Å². The van der Waals surface area contributed by atoms with Gasteiger partial charge >= 0.3 is 0 Å². The number of carbonyl (C=O) groups excluding carboxylic acids is 1. The first kappa shape index (κ1) is 19.4. The minimum atomic E-state index is -0.377. The molecule has 0 bridgehead atoms. The van der Waals surface area contributed by atoms with Crippen molar-refractivity contribution in [2.24, 2.45) is 0 Å². The Morgan fingerprint density at radius 2 is 2.11 bits per heavy atom. The molecule has 0 aliphatic rings. The van der Waals surface area contributed by atoms with Crippen LogP contribution in [0.5, 0.6) is 0 Å². The molecule has 2 N–H and O–H groups in total. The van der Waals surface area contributed by atoms with Crippen molar-refractivity contribution in [3.8, 4) is 6.07 Å². The molecule has 7 heteroatoms. The summed E-state index contributed by atoms with van der Waals surface area (Å²) in [5, 5.41) is 12.1. The number of nitrogens with zero attached hydrogens (tertiary/aromatic N) is 3. The van der Waals surface area contributed by atoms with E-state index >= 15 is 0 Å². The van der Waals surface area contributed by atoms with Gasteiger partial charge in [-0.1, -0.05) is 12.1 Å². The van der Waals surface area contributed by atoms with E-state index in [0.29, 0.717) is 30.6 Å². The quantitative estimate of drug-likeness (QED) is 0.617. The molecular formula is C21H23N5O2. The zero-order valence-corrected chi connectivity index (χ0v) is 16.1. The van der Waals surface area contributed by atoms with Crippen LogP contribution in [0, 0.1) is 25.2 Å². The normalized spacial score (nSPS) is 10.8. The van der Waals surface area contributed by atoms with E-state index in [-0.39, 0.29) is 17.0 Å². The summed E-state index contributed by atoms with van der Waals surface area (Å²) in [5.74, 6) is -0.0426. The van der Waals surface area contributed by atoms with Gasteiger partial charge in [0.15, 0.2) is 0 Å². The van der Waals surface area contributed by atoms with Crippen molar-refractivity contribution in [3.63, 3.8) is 0 Å². The first-order valence-electron chi connectivity index (χ1n) is 9.30. The third kappa shape index (κ3) is 4.12. The van der Waals surface area contributed by atoms with Gasteiger partial charge in [0.25, 0.3) is 5.56 Å². The number of benzene rings is 1. The number of para-hydroxylation sites is 2. The van der Waals surface area contributed by atoms with Crippen molar-refractivity contribution >= 4 is 16.9 Å². The highest BCUT2D eigenvalue weighted by Gasteiger charge is 2.13. The van der Waals surface area contributed by atoms with Gasteiger partial charge in [-0.15, -0.1) is 0 Å². The Labute approximate surface area is 163 Å². The number of hydrogen-bond acceptors (Lipinski definition) is 4. The van der Waals surface area contributed by atoms with Crippen molar-refractivity contribution < 1.29 is 4.79 Å². The number of carbonyl (C=O) groups is 1. The molecule has 2 heterocycles. The summed E-state index contributed by atoms with van der Waals surface area (Å²) in [6.07, 6.45) is 3.43. The number of aromatic nitrogens is 3. The summed E-state index contributed by atoms with van der Waals surface area (Å²) in [5.41, 5.74) is 4.02. The highest BCUT2D eigenvalue weighted by Crippen LogP contribution is 2.15. The number of pyridine rings is 1. The van der Waals surface area contributed by atoms with E-state index in [1.54, 1.807) is 13.8 Å². The zero-order valence-electron chi connectivity index (χ0n) is 16.1. The number of aryl methyl sites for hydroxylation is 2. The molecule has 0 spiro atoms. The van der Waals surface area contributed by atoms with Gasteiger partial charge in [0, 0.05) is 25.2 Å². The Bertz CT molecular complexity index is 1100. The summed E-state index contributed by atoms with van der Waals surface area (Å²) in [4.78, 5) is 31.0. The van der Waals surface area contributed by atoms with Gasteiger partial charge in [-0.05, 0) is 49.9 Å². The fourth-order valence-electron chi connectivity index (χ4n) is 3.41. The Morgan fingerprint density at radius 1 is 1.32 bits per heavy atom. The largest absolute Gasteiger partial charge is 0.356 e. The predicted molar refractivity (Wildman–Crippen MR) is 107 cm³/mol. The van der Waals surface area contributed by atoms with E-state index in [2.05, 4.69) is 19.9 Å². The van der Waals surface area contributed by atoms with Crippen LogP contribution >= 0.6 is 0 Å². The summed E-state index contributed by atoms with van der Waals surface area (Å²) < 4.78 is 2.08. The average Bonchev–Trinajstić information content (AvgIpc) is 3.08. The molecule has 3 rings (SSSR count). The number of H-pyrrole nitrogens is 1. The molecule has 0 saturated heterocycles. The van der Waals surface area contributed by atoms with Gasteiger partial charge in [0.05, 0.1) is 17.4 Å². The van der Waals surface area contributed by atoms with E-state index in [1.807, 2.05) is 36.7 Å². The van der Waals surface area contributed by atoms with Crippen molar-refractivity contribution in [2.45, 2.75) is 39.7 Å². The second-order valence-corrected chi connectivity index (χ2v) is 6.80. The van der Waals surface area contributed by atoms with Crippen LogP contribution in [0.4, 0.5) is 0 Å². The van der Waals surface area contributed by atoms with Crippen LogP contribution in [0.25, 0.3) is 11.0 Å². The molecule has 3 aromatic rings. The smallest absolute Gasteiger partial charge is 0.266 e. The van der Waals surface area contributed by atoms with Gasteiger partial charge < -0.3 is 14.9 Å². The number of nitriles is 1. The molecule has 0 atom stereocenters. The van der Waals surface area contributed by atoms with Crippen LogP contribution in [0.15, 0.2) is 35.4 Å². The van der Waals surface area contributed by atoms with Gasteiger partial charge in [-0.2, -0.15) is 5.26 Å². The first-order valence-corrected chi connectivity index (χ1v) is 9.30.